The maximum atomic E-state index is 12.3. The molecule has 2 fully saturated rings. The SMILES string of the molecule is C/C=C(\C)C(=O)O[C@H]1C[C@](C)(O)[C@H]2CC=C(C)[C@H]2[C@@H]2OC(=O)[C@H](C)[C@H]21. The Morgan fingerprint density at radius 2 is 2.16 bits per heavy atom. The summed E-state index contributed by atoms with van der Waals surface area (Å²) in [6.45, 7) is 9.17. The molecular formula is C20H28O5. The first-order valence-corrected chi connectivity index (χ1v) is 9.10. The van der Waals surface area contributed by atoms with Gasteiger partial charge in [0.1, 0.15) is 12.2 Å². The van der Waals surface area contributed by atoms with Crippen LogP contribution in [0.15, 0.2) is 23.3 Å². The molecule has 0 aromatic carbocycles. The van der Waals surface area contributed by atoms with Crippen molar-refractivity contribution in [3.05, 3.63) is 23.3 Å². The maximum absolute atomic E-state index is 12.3. The van der Waals surface area contributed by atoms with Crippen molar-refractivity contribution < 1.29 is 24.2 Å². The predicted octanol–water partition coefficient (Wildman–Crippen LogP) is 2.78. The van der Waals surface area contributed by atoms with Crippen molar-refractivity contribution in [2.75, 3.05) is 0 Å². The van der Waals surface area contributed by atoms with E-state index in [-0.39, 0.29) is 35.7 Å². The topological polar surface area (TPSA) is 72.8 Å². The van der Waals surface area contributed by atoms with Crippen molar-refractivity contribution in [2.45, 2.75) is 65.3 Å². The summed E-state index contributed by atoms with van der Waals surface area (Å²) in [5, 5.41) is 11.1. The molecule has 0 aromatic heterocycles. The Hall–Kier alpha value is -1.62. The molecule has 138 valence electrons. The molecule has 0 spiro atoms. The highest BCUT2D eigenvalue weighted by molar-refractivity contribution is 5.87. The number of rotatable bonds is 2. The number of allylic oxidation sites excluding steroid dienone is 2. The molecule has 0 radical (unpaired) electrons. The monoisotopic (exact) mass is 348 g/mol. The van der Waals surface area contributed by atoms with Gasteiger partial charge in [0.2, 0.25) is 0 Å². The quantitative estimate of drug-likeness (QED) is 0.472. The van der Waals surface area contributed by atoms with Crippen LogP contribution in [0.25, 0.3) is 0 Å². The number of esters is 2. The smallest absolute Gasteiger partial charge is 0.333 e. The van der Waals surface area contributed by atoms with E-state index in [9.17, 15) is 14.7 Å². The lowest BCUT2D eigenvalue weighted by Crippen LogP contribution is -2.40. The van der Waals surface area contributed by atoms with E-state index in [1.165, 1.54) is 0 Å². The van der Waals surface area contributed by atoms with Gasteiger partial charge in [-0.1, -0.05) is 24.6 Å². The fraction of sp³-hybridized carbons (Fsp3) is 0.700. The molecule has 1 heterocycles. The van der Waals surface area contributed by atoms with Crippen LogP contribution in [0.4, 0.5) is 0 Å². The number of ether oxygens (including phenoxy) is 2. The lowest BCUT2D eigenvalue weighted by atomic mass is 9.76. The molecule has 7 atom stereocenters. The van der Waals surface area contributed by atoms with Crippen LogP contribution in [-0.2, 0) is 19.1 Å². The predicted molar refractivity (Wildman–Crippen MR) is 92.4 cm³/mol. The number of fused-ring (bicyclic) bond motifs is 3. The summed E-state index contributed by atoms with van der Waals surface area (Å²) in [5.41, 5.74) is 0.692. The first-order valence-electron chi connectivity index (χ1n) is 9.10. The van der Waals surface area contributed by atoms with Crippen molar-refractivity contribution in [1.82, 2.24) is 0 Å². The largest absolute Gasteiger partial charge is 0.461 e. The van der Waals surface area contributed by atoms with Crippen molar-refractivity contribution in [2.24, 2.45) is 23.7 Å². The zero-order valence-corrected chi connectivity index (χ0v) is 15.6. The van der Waals surface area contributed by atoms with Crippen LogP contribution in [-0.4, -0.2) is 34.9 Å². The molecule has 2 aliphatic carbocycles. The molecule has 1 N–H and O–H groups in total. The van der Waals surface area contributed by atoms with Crippen LogP contribution >= 0.6 is 0 Å². The van der Waals surface area contributed by atoms with E-state index in [1.54, 1.807) is 19.9 Å². The summed E-state index contributed by atoms with van der Waals surface area (Å²) in [4.78, 5) is 24.6. The molecule has 0 aromatic rings. The third-order valence-electron chi connectivity index (χ3n) is 6.44. The number of aliphatic hydroxyl groups is 1. The highest BCUT2D eigenvalue weighted by Crippen LogP contribution is 2.53. The second-order valence-electron chi connectivity index (χ2n) is 8.06. The number of hydrogen-bond donors (Lipinski definition) is 1. The van der Waals surface area contributed by atoms with Crippen molar-refractivity contribution in [3.63, 3.8) is 0 Å². The normalized spacial score (nSPS) is 43.7. The summed E-state index contributed by atoms with van der Waals surface area (Å²) in [6.07, 6.45) is 4.03. The van der Waals surface area contributed by atoms with Gasteiger partial charge in [0, 0.05) is 29.7 Å². The fourth-order valence-electron chi connectivity index (χ4n) is 4.81. The molecule has 25 heavy (non-hydrogen) atoms. The lowest BCUT2D eigenvalue weighted by molar-refractivity contribution is -0.152. The van der Waals surface area contributed by atoms with Gasteiger partial charge in [-0.3, -0.25) is 4.79 Å². The molecular weight excluding hydrogens is 320 g/mol. The average Bonchev–Trinajstić information content (AvgIpc) is 3.03. The van der Waals surface area contributed by atoms with Crippen molar-refractivity contribution in [1.29, 1.82) is 0 Å². The fourth-order valence-corrected chi connectivity index (χ4v) is 4.81. The van der Waals surface area contributed by atoms with Crippen molar-refractivity contribution in [3.8, 4) is 0 Å². The molecule has 1 saturated carbocycles. The Morgan fingerprint density at radius 3 is 2.80 bits per heavy atom. The molecule has 5 heteroatoms. The molecule has 1 saturated heterocycles. The van der Waals surface area contributed by atoms with Gasteiger partial charge in [-0.25, -0.2) is 4.79 Å². The zero-order chi connectivity index (χ0) is 18.5. The van der Waals surface area contributed by atoms with Gasteiger partial charge >= 0.3 is 11.9 Å². The van der Waals surface area contributed by atoms with Crippen LogP contribution in [0.2, 0.25) is 0 Å². The average molecular weight is 348 g/mol. The second-order valence-corrected chi connectivity index (χ2v) is 8.06. The summed E-state index contributed by atoms with van der Waals surface area (Å²) >= 11 is 0. The highest BCUT2D eigenvalue weighted by Gasteiger charge is 2.59. The van der Waals surface area contributed by atoms with Gasteiger partial charge in [-0.15, -0.1) is 0 Å². The van der Waals surface area contributed by atoms with Crippen LogP contribution in [0.5, 0.6) is 0 Å². The number of carbonyl (C=O) groups is 2. The van der Waals surface area contributed by atoms with E-state index >= 15 is 0 Å². The molecule has 0 unspecified atom stereocenters. The van der Waals surface area contributed by atoms with Crippen LogP contribution in [0, 0.1) is 23.7 Å². The summed E-state index contributed by atoms with van der Waals surface area (Å²) < 4.78 is 11.5. The summed E-state index contributed by atoms with van der Waals surface area (Å²) in [7, 11) is 0. The zero-order valence-electron chi connectivity index (χ0n) is 15.6. The van der Waals surface area contributed by atoms with E-state index < -0.39 is 17.7 Å². The Bertz CT molecular complexity index is 644. The van der Waals surface area contributed by atoms with Gasteiger partial charge in [0.15, 0.2) is 0 Å². The van der Waals surface area contributed by atoms with E-state index in [0.29, 0.717) is 12.0 Å². The van der Waals surface area contributed by atoms with Gasteiger partial charge in [-0.2, -0.15) is 0 Å². The third-order valence-corrected chi connectivity index (χ3v) is 6.44. The van der Waals surface area contributed by atoms with Crippen LogP contribution in [0.3, 0.4) is 0 Å². The minimum absolute atomic E-state index is 0.0135. The second kappa shape index (κ2) is 6.27. The first kappa shape index (κ1) is 18.2. The molecule has 3 aliphatic rings. The van der Waals surface area contributed by atoms with Crippen molar-refractivity contribution >= 4 is 11.9 Å². The van der Waals surface area contributed by atoms with Crippen LogP contribution < -0.4 is 0 Å². The maximum Gasteiger partial charge on any atom is 0.333 e. The Balaban J connectivity index is 1.99. The lowest BCUT2D eigenvalue weighted by Gasteiger charge is -2.34. The van der Waals surface area contributed by atoms with E-state index in [2.05, 4.69) is 6.08 Å². The molecule has 1 aliphatic heterocycles. The molecule has 5 nitrogen and oxygen atoms in total. The minimum Gasteiger partial charge on any atom is -0.461 e. The first-order chi connectivity index (χ1) is 11.7. The Labute approximate surface area is 149 Å². The standard InChI is InChI=1S/C20H28O5/c1-6-10(2)18(21)24-14-9-20(5,23)13-8-7-11(3)15(13)17-16(14)12(4)19(22)25-17/h6-7,12-17,23H,8-9H2,1-5H3/b10-6+/t12-,13+,14+,15-,16+,17+,20+/m1/s1. The Kier molecular flexibility index (Phi) is 4.56. The Morgan fingerprint density at radius 1 is 1.48 bits per heavy atom. The van der Waals surface area contributed by atoms with Gasteiger partial charge in [-0.05, 0) is 34.1 Å². The number of carbonyl (C=O) groups excluding carboxylic acids is 2. The molecule has 0 bridgehead atoms. The third kappa shape index (κ3) is 2.92. The minimum atomic E-state index is -0.982. The van der Waals surface area contributed by atoms with E-state index in [4.69, 9.17) is 9.47 Å². The van der Waals surface area contributed by atoms with Crippen LogP contribution in [0.1, 0.15) is 47.5 Å². The van der Waals surface area contributed by atoms with Gasteiger partial charge in [0.25, 0.3) is 0 Å². The molecule has 3 rings (SSSR count). The summed E-state index contributed by atoms with van der Waals surface area (Å²) in [5.74, 6) is -1.25. The van der Waals surface area contributed by atoms with Gasteiger partial charge < -0.3 is 14.6 Å². The summed E-state index contributed by atoms with van der Waals surface area (Å²) in [6, 6.07) is 0. The van der Waals surface area contributed by atoms with E-state index in [1.807, 2.05) is 20.8 Å². The van der Waals surface area contributed by atoms with Gasteiger partial charge in [0.05, 0.1) is 11.5 Å². The number of hydrogen-bond acceptors (Lipinski definition) is 5. The molecule has 0 amide bonds. The highest BCUT2D eigenvalue weighted by atomic mass is 16.6. The van der Waals surface area contributed by atoms with E-state index in [0.717, 1.165) is 12.0 Å².